The molecule has 7 heteroatoms. The van der Waals surface area contributed by atoms with E-state index in [1.807, 2.05) is 18.2 Å². The fraction of sp³-hybridized carbons (Fsp3) is 0.160. The van der Waals surface area contributed by atoms with Gasteiger partial charge < -0.3 is 14.4 Å². The van der Waals surface area contributed by atoms with Crippen LogP contribution in [0.25, 0.3) is 0 Å². The molecule has 1 saturated heterocycles. The Hall–Kier alpha value is -4.13. The number of rotatable bonds is 5. The van der Waals surface area contributed by atoms with Crippen molar-refractivity contribution in [2.75, 3.05) is 19.1 Å². The summed E-state index contributed by atoms with van der Waals surface area (Å²) in [4.78, 5) is 42.3. The van der Waals surface area contributed by atoms with E-state index >= 15 is 0 Å². The van der Waals surface area contributed by atoms with Gasteiger partial charge in [0, 0.05) is 5.69 Å². The highest BCUT2D eigenvalue weighted by molar-refractivity contribution is 6.24. The van der Waals surface area contributed by atoms with Crippen LogP contribution in [-0.4, -0.2) is 42.9 Å². The molecule has 0 saturated carbocycles. The van der Waals surface area contributed by atoms with Crippen LogP contribution in [0.15, 0.2) is 72.8 Å². The Bertz CT molecular complexity index is 1200. The molecule has 0 N–H and O–H groups in total. The minimum absolute atomic E-state index is 0.317. The van der Waals surface area contributed by atoms with Crippen LogP contribution in [0.3, 0.4) is 0 Å². The van der Waals surface area contributed by atoms with Gasteiger partial charge in [0.15, 0.2) is 0 Å². The molecule has 0 aliphatic carbocycles. The predicted molar refractivity (Wildman–Crippen MR) is 117 cm³/mol. The number of methoxy groups -OCH3 is 2. The molecule has 7 nitrogen and oxygen atoms in total. The van der Waals surface area contributed by atoms with Gasteiger partial charge in [-0.3, -0.25) is 19.3 Å². The lowest BCUT2D eigenvalue weighted by Crippen LogP contribution is -2.67. The number of fused-ring (bicyclic) bond motifs is 1. The molecule has 5 rings (SSSR count). The van der Waals surface area contributed by atoms with E-state index in [1.54, 1.807) is 73.7 Å². The third-order valence-corrected chi connectivity index (χ3v) is 5.96. The Morgan fingerprint density at radius 3 is 1.88 bits per heavy atom. The number of amides is 3. The van der Waals surface area contributed by atoms with Crippen LogP contribution in [0.4, 0.5) is 5.69 Å². The Morgan fingerprint density at radius 1 is 0.656 bits per heavy atom. The highest BCUT2D eigenvalue weighted by atomic mass is 16.5. The number of β-lactam (4-membered cyclic amide) rings is 1. The van der Waals surface area contributed by atoms with Gasteiger partial charge >= 0.3 is 0 Å². The number of ether oxygens (including phenoxy) is 2. The van der Waals surface area contributed by atoms with Crippen LogP contribution in [0, 0.1) is 0 Å². The van der Waals surface area contributed by atoms with Crippen molar-refractivity contribution in [3.63, 3.8) is 0 Å². The Kier molecular flexibility index (Phi) is 4.66. The maximum Gasteiger partial charge on any atom is 0.262 e. The molecule has 0 radical (unpaired) electrons. The number of carbonyl (C=O) groups is 3. The zero-order chi connectivity index (χ0) is 22.4. The first-order chi connectivity index (χ1) is 15.5. The van der Waals surface area contributed by atoms with E-state index in [2.05, 4.69) is 0 Å². The lowest BCUT2D eigenvalue weighted by atomic mass is 9.86. The van der Waals surface area contributed by atoms with E-state index in [0.717, 1.165) is 10.5 Å². The van der Waals surface area contributed by atoms with Crippen molar-refractivity contribution >= 4 is 23.4 Å². The molecule has 1 fully saturated rings. The highest BCUT2D eigenvalue weighted by Gasteiger charge is 2.57. The van der Waals surface area contributed by atoms with Crippen LogP contribution in [0.5, 0.6) is 11.5 Å². The number of hydrogen-bond donors (Lipinski definition) is 0. The fourth-order valence-electron chi connectivity index (χ4n) is 4.37. The normalized spacial score (nSPS) is 19.6. The molecule has 2 heterocycles. The summed E-state index contributed by atoms with van der Waals surface area (Å²) in [5.74, 6) is 0.0594. The second-order valence-corrected chi connectivity index (χ2v) is 7.60. The summed E-state index contributed by atoms with van der Waals surface area (Å²) in [5, 5.41) is 0. The SMILES string of the molecule is COc1ccc(N2C(=O)[C@@H](N3C(=O)c4ccccc4C3=O)[C@@H]2c2cccc(OC)c2)cc1. The van der Waals surface area contributed by atoms with Crippen molar-refractivity contribution in [2.45, 2.75) is 12.1 Å². The molecule has 3 aromatic carbocycles. The zero-order valence-corrected chi connectivity index (χ0v) is 17.5. The van der Waals surface area contributed by atoms with Crippen LogP contribution in [-0.2, 0) is 4.79 Å². The fourth-order valence-corrected chi connectivity index (χ4v) is 4.37. The minimum atomic E-state index is -0.948. The van der Waals surface area contributed by atoms with E-state index in [9.17, 15) is 14.4 Å². The molecular formula is C25H20N2O5. The van der Waals surface area contributed by atoms with Gasteiger partial charge in [-0.05, 0) is 54.1 Å². The second-order valence-electron chi connectivity index (χ2n) is 7.60. The number of imide groups is 1. The third kappa shape index (κ3) is 2.85. The quantitative estimate of drug-likeness (QED) is 0.460. The molecule has 32 heavy (non-hydrogen) atoms. The molecule has 3 aromatic rings. The van der Waals surface area contributed by atoms with Gasteiger partial charge in [-0.2, -0.15) is 0 Å². The van der Waals surface area contributed by atoms with E-state index in [-0.39, 0.29) is 5.91 Å². The van der Waals surface area contributed by atoms with Crippen molar-refractivity contribution in [2.24, 2.45) is 0 Å². The van der Waals surface area contributed by atoms with Crippen LogP contribution < -0.4 is 14.4 Å². The molecular weight excluding hydrogens is 408 g/mol. The number of hydrogen-bond acceptors (Lipinski definition) is 5. The molecule has 160 valence electrons. The van der Waals surface area contributed by atoms with Crippen LogP contribution >= 0.6 is 0 Å². The molecule has 0 unspecified atom stereocenters. The molecule has 2 aliphatic heterocycles. The maximum atomic E-state index is 13.4. The van der Waals surface area contributed by atoms with E-state index < -0.39 is 23.9 Å². The predicted octanol–water partition coefficient (Wildman–Crippen LogP) is 3.46. The Morgan fingerprint density at radius 2 is 1.28 bits per heavy atom. The molecule has 0 aromatic heterocycles. The minimum Gasteiger partial charge on any atom is -0.497 e. The number of anilines is 1. The van der Waals surface area contributed by atoms with Gasteiger partial charge in [-0.15, -0.1) is 0 Å². The summed E-state index contributed by atoms with van der Waals surface area (Å²) in [5.41, 5.74) is 2.05. The number of benzene rings is 3. The lowest BCUT2D eigenvalue weighted by Gasteiger charge is -2.49. The third-order valence-electron chi connectivity index (χ3n) is 5.96. The maximum absolute atomic E-state index is 13.4. The van der Waals surface area contributed by atoms with Crippen LogP contribution in [0.2, 0.25) is 0 Å². The number of carbonyl (C=O) groups excluding carboxylic acids is 3. The molecule has 0 spiro atoms. The summed E-state index contributed by atoms with van der Waals surface area (Å²) in [7, 11) is 3.13. The first-order valence-electron chi connectivity index (χ1n) is 10.1. The van der Waals surface area contributed by atoms with Crippen molar-refractivity contribution < 1.29 is 23.9 Å². The standard InChI is InChI=1S/C25H20N2O5/c1-31-17-12-10-16(11-13-17)26-21(15-6-5-7-18(14-15)32-2)22(25(26)30)27-23(28)19-8-3-4-9-20(19)24(27)29/h3-14,21-22H,1-2H3/t21-,22-/m0/s1. The van der Waals surface area contributed by atoms with Crippen molar-refractivity contribution in [1.29, 1.82) is 0 Å². The zero-order valence-electron chi connectivity index (χ0n) is 17.5. The van der Waals surface area contributed by atoms with Gasteiger partial charge in [0.05, 0.1) is 31.4 Å². The van der Waals surface area contributed by atoms with Gasteiger partial charge in [-0.1, -0.05) is 24.3 Å². The van der Waals surface area contributed by atoms with Gasteiger partial charge in [0.2, 0.25) is 0 Å². The highest BCUT2D eigenvalue weighted by Crippen LogP contribution is 2.45. The summed E-state index contributed by atoms with van der Waals surface area (Å²) >= 11 is 0. The van der Waals surface area contributed by atoms with Crippen molar-refractivity contribution in [3.05, 3.63) is 89.5 Å². The Labute approximate surface area is 184 Å². The lowest BCUT2D eigenvalue weighted by molar-refractivity contribution is -0.130. The van der Waals surface area contributed by atoms with Gasteiger partial charge in [0.25, 0.3) is 17.7 Å². The average molecular weight is 428 g/mol. The van der Waals surface area contributed by atoms with Crippen molar-refractivity contribution in [3.8, 4) is 11.5 Å². The smallest absolute Gasteiger partial charge is 0.262 e. The number of nitrogens with zero attached hydrogens (tertiary/aromatic N) is 2. The van der Waals surface area contributed by atoms with E-state index in [0.29, 0.717) is 28.3 Å². The molecule has 2 aliphatic rings. The first-order valence-corrected chi connectivity index (χ1v) is 10.1. The van der Waals surface area contributed by atoms with Gasteiger partial charge in [-0.25, -0.2) is 0 Å². The summed E-state index contributed by atoms with van der Waals surface area (Å²) < 4.78 is 10.6. The summed E-state index contributed by atoms with van der Waals surface area (Å²) in [6.07, 6.45) is 0. The first kappa shape index (κ1) is 19.8. The summed E-state index contributed by atoms with van der Waals surface area (Å²) in [6, 6.07) is 19.5. The van der Waals surface area contributed by atoms with E-state index in [4.69, 9.17) is 9.47 Å². The van der Waals surface area contributed by atoms with E-state index in [1.165, 1.54) is 0 Å². The largest absolute Gasteiger partial charge is 0.497 e. The van der Waals surface area contributed by atoms with Gasteiger partial charge in [0.1, 0.15) is 17.5 Å². The average Bonchev–Trinajstić information content (AvgIpc) is 3.08. The van der Waals surface area contributed by atoms with Crippen molar-refractivity contribution in [1.82, 2.24) is 4.90 Å². The molecule has 0 bridgehead atoms. The van der Waals surface area contributed by atoms with Crippen LogP contribution in [0.1, 0.15) is 32.3 Å². The topological polar surface area (TPSA) is 76.2 Å². The second kappa shape index (κ2) is 7.53. The Balaban J connectivity index is 1.58. The summed E-state index contributed by atoms with van der Waals surface area (Å²) in [6.45, 7) is 0. The monoisotopic (exact) mass is 428 g/mol. The molecule has 3 amide bonds. The molecule has 2 atom stereocenters.